The van der Waals surface area contributed by atoms with Crippen molar-refractivity contribution < 1.29 is 9.90 Å². The second kappa shape index (κ2) is 6.75. The lowest BCUT2D eigenvalue weighted by Crippen LogP contribution is -2.26. The van der Waals surface area contributed by atoms with Crippen LogP contribution in [0.5, 0.6) is 0 Å². The van der Waals surface area contributed by atoms with Crippen molar-refractivity contribution in [3.63, 3.8) is 0 Å². The summed E-state index contributed by atoms with van der Waals surface area (Å²) in [6.45, 7) is 3.21. The molecular formula is C11H19N5O2. The van der Waals surface area contributed by atoms with Gasteiger partial charge >= 0.3 is 5.97 Å². The van der Waals surface area contributed by atoms with Crippen LogP contribution in [0.15, 0.2) is 12.4 Å². The second-order valence-electron chi connectivity index (χ2n) is 4.22. The zero-order valence-electron chi connectivity index (χ0n) is 10.8. The zero-order chi connectivity index (χ0) is 13.5. The van der Waals surface area contributed by atoms with E-state index in [9.17, 15) is 4.79 Å². The van der Waals surface area contributed by atoms with Gasteiger partial charge in [0.15, 0.2) is 0 Å². The molecule has 0 aliphatic heterocycles. The molecule has 18 heavy (non-hydrogen) atoms. The Kier molecular flexibility index (Phi) is 5.31. The molecule has 0 radical (unpaired) electrons. The molecule has 1 rings (SSSR count). The molecule has 0 aliphatic carbocycles. The number of carboxylic acids is 1. The maximum absolute atomic E-state index is 10.7. The van der Waals surface area contributed by atoms with Crippen molar-refractivity contribution in [3.8, 4) is 0 Å². The summed E-state index contributed by atoms with van der Waals surface area (Å²) < 4.78 is 0. The average molecular weight is 253 g/mol. The molecule has 7 nitrogen and oxygen atoms in total. The van der Waals surface area contributed by atoms with Crippen LogP contribution in [0, 0.1) is 0 Å². The first kappa shape index (κ1) is 14.2. The molecule has 3 N–H and O–H groups in total. The van der Waals surface area contributed by atoms with Crippen LogP contribution in [0.25, 0.3) is 0 Å². The van der Waals surface area contributed by atoms with Gasteiger partial charge in [0, 0.05) is 19.2 Å². The molecule has 0 saturated heterocycles. The van der Waals surface area contributed by atoms with Crippen LogP contribution in [-0.2, 0) is 4.79 Å². The number of likely N-dealkylation sites (N-methyl/N-ethyl adjacent to an activating group) is 1. The van der Waals surface area contributed by atoms with Gasteiger partial charge < -0.3 is 20.6 Å². The Balaban J connectivity index is 2.54. The Morgan fingerprint density at radius 2 is 2.11 bits per heavy atom. The monoisotopic (exact) mass is 253 g/mol. The number of rotatable bonds is 7. The molecule has 1 unspecified atom stereocenters. The van der Waals surface area contributed by atoms with E-state index in [0.29, 0.717) is 11.6 Å². The number of hydrogen-bond acceptors (Lipinski definition) is 6. The van der Waals surface area contributed by atoms with Gasteiger partial charge in [0.2, 0.25) is 0 Å². The third-order valence-electron chi connectivity index (χ3n) is 2.27. The van der Waals surface area contributed by atoms with E-state index in [1.165, 1.54) is 6.33 Å². The predicted octanol–water partition coefficient (Wildman–Crippen LogP) is 0.335. The van der Waals surface area contributed by atoms with Crippen molar-refractivity contribution in [3.05, 3.63) is 12.4 Å². The van der Waals surface area contributed by atoms with Crippen LogP contribution in [0.2, 0.25) is 0 Å². The largest absolute Gasteiger partial charge is 0.480 e. The lowest BCUT2D eigenvalue weighted by atomic mass is 10.3. The Morgan fingerprint density at radius 1 is 1.44 bits per heavy atom. The third-order valence-corrected chi connectivity index (χ3v) is 2.27. The maximum atomic E-state index is 10.7. The molecule has 0 amide bonds. The summed E-state index contributed by atoms with van der Waals surface area (Å²) in [5.74, 6) is 0.245. The Bertz CT molecular complexity index is 397. The summed E-state index contributed by atoms with van der Waals surface area (Å²) in [6, 6.07) is 1.00. The van der Waals surface area contributed by atoms with Crippen LogP contribution >= 0.6 is 0 Å². The molecule has 100 valence electrons. The minimum atomic E-state index is -0.921. The van der Waals surface area contributed by atoms with Crippen molar-refractivity contribution in [2.75, 3.05) is 37.8 Å². The van der Waals surface area contributed by atoms with Crippen molar-refractivity contribution in [2.24, 2.45) is 0 Å². The maximum Gasteiger partial charge on any atom is 0.325 e. The van der Waals surface area contributed by atoms with Gasteiger partial charge in [-0.15, -0.1) is 0 Å². The fourth-order valence-electron chi connectivity index (χ4n) is 1.22. The molecule has 1 aromatic heterocycles. The summed E-state index contributed by atoms with van der Waals surface area (Å²) in [4.78, 5) is 20.8. The van der Waals surface area contributed by atoms with Gasteiger partial charge in [-0.25, -0.2) is 9.97 Å². The minimum Gasteiger partial charge on any atom is -0.480 e. The molecule has 0 saturated carbocycles. The standard InChI is InChI=1S/C11H19N5O2/c1-8(11(17)18)15-10-6-9(13-7-14-10)12-4-5-16(2)3/h6-8H,4-5H2,1-3H3,(H,17,18)(H2,12,13,14,15). The van der Waals surface area contributed by atoms with Crippen molar-refractivity contribution in [1.82, 2.24) is 14.9 Å². The number of nitrogens with zero attached hydrogens (tertiary/aromatic N) is 3. The zero-order valence-corrected chi connectivity index (χ0v) is 10.8. The summed E-state index contributed by atoms with van der Waals surface area (Å²) in [6.07, 6.45) is 1.40. The topological polar surface area (TPSA) is 90.4 Å². The summed E-state index contributed by atoms with van der Waals surface area (Å²) in [5, 5.41) is 14.7. The van der Waals surface area contributed by atoms with Crippen molar-refractivity contribution in [1.29, 1.82) is 0 Å². The van der Waals surface area contributed by atoms with E-state index in [0.717, 1.165) is 13.1 Å². The van der Waals surface area contributed by atoms with Crippen molar-refractivity contribution >= 4 is 17.6 Å². The SMILES string of the molecule is CC(Nc1cc(NCCN(C)C)ncn1)C(=O)O. The minimum absolute atomic E-state index is 0.493. The highest BCUT2D eigenvalue weighted by Gasteiger charge is 2.10. The normalized spacial score (nSPS) is 12.2. The number of hydrogen-bond donors (Lipinski definition) is 3. The van der Waals surface area contributed by atoms with E-state index in [2.05, 4.69) is 25.5 Å². The van der Waals surface area contributed by atoms with Crippen LogP contribution in [0.1, 0.15) is 6.92 Å². The third kappa shape index (κ3) is 4.96. The second-order valence-corrected chi connectivity index (χ2v) is 4.22. The Hall–Kier alpha value is -1.89. The van der Waals surface area contributed by atoms with Gasteiger partial charge in [0.05, 0.1) is 0 Å². The Labute approximate surface area is 106 Å². The van der Waals surface area contributed by atoms with E-state index in [-0.39, 0.29) is 0 Å². The van der Waals surface area contributed by atoms with Crippen molar-refractivity contribution in [2.45, 2.75) is 13.0 Å². The number of carboxylic acid groups (broad SMARTS) is 1. The number of carbonyl (C=O) groups is 1. The summed E-state index contributed by atoms with van der Waals surface area (Å²) >= 11 is 0. The molecule has 7 heteroatoms. The molecule has 0 spiro atoms. The van der Waals surface area contributed by atoms with Gasteiger partial charge in [0.25, 0.3) is 0 Å². The molecule has 0 aromatic carbocycles. The number of anilines is 2. The van der Waals surface area contributed by atoms with E-state index < -0.39 is 12.0 Å². The quantitative estimate of drug-likeness (QED) is 0.645. The molecule has 0 aliphatic rings. The molecule has 0 fully saturated rings. The van der Waals surface area contributed by atoms with Gasteiger partial charge in [-0.1, -0.05) is 0 Å². The van der Waals surface area contributed by atoms with E-state index >= 15 is 0 Å². The highest BCUT2D eigenvalue weighted by atomic mass is 16.4. The first-order valence-corrected chi connectivity index (χ1v) is 5.69. The fourth-order valence-corrected chi connectivity index (χ4v) is 1.22. The van der Waals surface area contributed by atoms with Crippen LogP contribution < -0.4 is 10.6 Å². The lowest BCUT2D eigenvalue weighted by molar-refractivity contribution is -0.137. The number of aromatic nitrogens is 2. The summed E-state index contributed by atoms with van der Waals surface area (Å²) in [7, 11) is 3.98. The highest BCUT2D eigenvalue weighted by Crippen LogP contribution is 2.09. The molecule has 0 bridgehead atoms. The van der Waals surface area contributed by atoms with E-state index in [4.69, 9.17) is 5.11 Å². The molecule has 1 heterocycles. The predicted molar refractivity (Wildman–Crippen MR) is 69.8 cm³/mol. The van der Waals surface area contributed by atoms with Crippen LogP contribution in [-0.4, -0.2) is 59.2 Å². The Morgan fingerprint density at radius 3 is 2.72 bits per heavy atom. The van der Waals surface area contributed by atoms with E-state index in [1.807, 2.05) is 14.1 Å². The van der Waals surface area contributed by atoms with Gasteiger partial charge in [-0.2, -0.15) is 0 Å². The number of aliphatic carboxylic acids is 1. The van der Waals surface area contributed by atoms with Gasteiger partial charge in [-0.05, 0) is 21.0 Å². The lowest BCUT2D eigenvalue weighted by Gasteiger charge is -2.12. The van der Waals surface area contributed by atoms with Crippen LogP contribution in [0.3, 0.4) is 0 Å². The fraction of sp³-hybridized carbons (Fsp3) is 0.545. The molecular weight excluding hydrogens is 234 g/mol. The summed E-state index contributed by atoms with van der Waals surface area (Å²) in [5.41, 5.74) is 0. The first-order valence-electron chi connectivity index (χ1n) is 5.69. The molecule has 1 aromatic rings. The van der Waals surface area contributed by atoms with Gasteiger partial charge in [-0.3, -0.25) is 4.79 Å². The van der Waals surface area contributed by atoms with Crippen LogP contribution in [0.4, 0.5) is 11.6 Å². The smallest absolute Gasteiger partial charge is 0.325 e. The number of nitrogens with one attached hydrogen (secondary N) is 2. The first-order chi connectivity index (χ1) is 8.49. The molecule has 1 atom stereocenters. The van der Waals surface area contributed by atoms with E-state index in [1.54, 1.807) is 13.0 Å². The average Bonchev–Trinajstić information content (AvgIpc) is 2.28. The van der Waals surface area contributed by atoms with Gasteiger partial charge in [0.1, 0.15) is 24.0 Å². The highest BCUT2D eigenvalue weighted by molar-refractivity contribution is 5.76.